The summed E-state index contributed by atoms with van der Waals surface area (Å²) in [7, 11) is 0. The number of para-hydroxylation sites is 1. The van der Waals surface area contributed by atoms with E-state index in [0.717, 1.165) is 13.0 Å². The van der Waals surface area contributed by atoms with Crippen molar-refractivity contribution in [3.8, 4) is 0 Å². The fraction of sp³-hybridized carbons (Fsp3) is 0.250. The molecule has 0 fully saturated rings. The molecule has 17 heavy (non-hydrogen) atoms. The highest BCUT2D eigenvalue weighted by atomic mass is 14.9. The van der Waals surface area contributed by atoms with Crippen molar-refractivity contribution in [3.05, 3.63) is 66.2 Å². The molecular weight excluding hydrogens is 206 g/mol. The summed E-state index contributed by atoms with van der Waals surface area (Å²) in [5.74, 6) is 0.637. The lowest BCUT2D eigenvalue weighted by atomic mass is 10.0. The molecule has 0 spiro atoms. The van der Waals surface area contributed by atoms with Gasteiger partial charge < -0.3 is 5.32 Å². The molecule has 1 unspecified atom stereocenters. The van der Waals surface area contributed by atoms with Gasteiger partial charge in [0.25, 0.3) is 0 Å². The minimum Gasteiger partial charge on any atom is -0.385 e. The van der Waals surface area contributed by atoms with Gasteiger partial charge in [-0.15, -0.1) is 0 Å². The topological polar surface area (TPSA) is 12.0 Å². The Kier molecular flexibility index (Phi) is 4.20. The van der Waals surface area contributed by atoms with E-state index >= 15 is 0 Å². The van der Waals surface area contributed by atoms with E-state index in [1.54, 1.807) is 0 Å². The second-order valence-corrected chi connectivity index (χ2v) is 4.54. The van der Waals surface area contributed by atoms with Crippen molar-refractivity contribution in [2.24, 2.45) is 5.92 Å². The third-order valence-electron chi connectivity index (χ3n) is 2.86. The maximum atomic E-state index is 3.46. The fourth-order valence-corrected chi connectivity index (χ4v) is 1.94. The zero-order chi connectivity index (χ0) is 11.9. The number of nitrogens with one attached hydrogen (secondary N) is 1. The number of benzene rings is 2. The van der Waals surface area contributed by atoms with Crippen LogP contribution in [0.2, 0.25) is 0 Å². The fourth-order valence-electron chi connectivity index (χ4n) is 1.94. The molecule has 0 bridgehead atoms. The van der Waals surface area contributed by atoms with E-state index < -0.39 is 0 Å². The first-order chi connectivity index (χ1) is 8.34. The van der Waals surface area contributed by atoms with E-state index in [2.05, 4.69) is 66.8 Å². The Morgan fingerprint density at radius 3 is 2.12 bits per heavy atom. The predicted molar refractivity (Wildman–Crippen MR) is 74.2 cm³/mol. The molecule has 0 saturated carbocycles. The lowest BCUT2D eigenvalue weighted by molar-refractivity contribution is 0.612. The van der Waals surface area contributed by atoms with Gasteiger partial charge in [0.2, 0.25) is 0 Å². The molecule has 0 amide bonds. The first kappa shape index (κ1) is 11.7. The van der Waals surface area contributed by atoms with Crippen molar-refractivity contribution in [1.82, 2.24) is 0 Å². The summed E-state index contributed by atoms with van der Waals surface area (Å²) in [6.45, 7) is 3.29. The molecule has 0 aromatic heterocycles. The maximum absolute atomic E-state index is 3.46. The predicted octanol–water partition coefficient (Wildman–Crippen LogP) is 3.98. The Balaban J connectivity index is 1.80. The van der Waals surface area contributed by atoms with Crippen molar-refractivity contribution in [2.45, 2.75) is 13.3 Å². The molecule has 2 aromatic carbocycles. The summed E-state index contributed by atoms with van der Waals surface area (Å²) in [6, 6.07) is 21.0. The average Bonchev–Trinajstić information content (AvgIpc) is 2.39. The lowest BCUT2D eigenvalue weighted by Gasteiger charge is -2.13. The van der Waals surface area contributed by atoms with Crippen molar-refractivity contribution in [3.63, 3.8) is 0 Å². The molecule has 2 aromatic rings. The van der Waals surface area contributed by atoms with Gasteiger partial charge in [-0.2, -0.15) is 0 Å². The van der Waals surface area contributed by atoms with Crippen molar-refractivity contribution in [2.75, 3.05) is 11.9 Å². The van der Waals surface area contributed by atoms with E-state index in [9.17, 15) is 0 Å². The van der Waals surface area contributed by atoms with Crippen molar-refractivity contribution >= 4 is 5.69 Å². The van der Waals surface area contributed by atoms with Gasteiger partial charge in [-0.3, -0.25) is 0 Å². The Hall–Kier alpha value is -1.76. The summed E-state index contributed by atoms with van der Waals surface area (Å²) < 4.78 is 0. The molecule has 0 saturated heterocycles. The Morgan fingerprint density at radius 2 is 1.47 bits per heavy atom. The first-order valence-corrected chi connectivity index (χ1v) is 6.17. The number of hydrogen-bond acceptors (Lipinski definition) is 1. The average molecular weight is 225 g/mol. The van der Waals surface area contributed by atoms with Crippen LogP contribution in [0.5, 0.6) is 0 Å². The largest absolute Gasteiger partial charge is 0.385 e. The molecule has 1 N–H and O–H groups in total. The standard InChI is InChI=1S/C16H19N/c1-14(12-15-8-4-2-5-9-15)13-17-16-10-6-3-7-11-16/h2-11,14,17H,12-13H2,1H3. The molecule has 0 aliphatic carbocycles. The summed E-state index contributed by atoms with van der Waals surface area (Å²) in [5, 5.41) is 3.46. The molecule has 2 rings (SSSR count). The number of rotatable bonds is 5. The molecule has 88 valence electrons. The van der Waals surface area contributed by atoms with Crippen LogP contribution in [0.3, 0.4) is 0 Å². The van der Waals surface area contributed by atoms with E-state index in [1.807, 2.05) is 6.07 Å². The van der Waals surface area contributed by atoms with E-state index in [-0.39, 0.29) is 0 Å². The van der Waals surface area contributed by atoms with Crippen LogP contribution in [0, 0.1) is 5.92 Å². The SMILES string of the molecule is CC(CNc1ccccc1)Cc1ccccc1. The van der Waals surface area contributed by atoms with Crippen LogP contribution >= 0.6 is 0 Å². The smallest absolute Gasteiger partial charge is 0.0340 e. The summed E-state index contributed by atoms with van der Waals surface area (Å²) >= 11 is 0. The second-order valence-electron chi connectivity index (χ2n) is 4.54. The van der Waals surface area contributed by atoms with Crippen LogP contribution in [0.15, 0.2) is 60.7 Å². The summed E-state index contributed by atoms with van der Waals surface area (Å²) in [6.07, 6.45) is 1.13. The third-order valence-corrected chi connectivity index (χ3v) is 2.86. The molecule has 0 aliphatic rings. The van der Waals surface area contributed by atoms with Gasteiger partial charge >= 0.3 is 0 Å². The minimum atomic E-state index is 0.637. The highest BCUT2D eigenvalue weighted by molar-refractivity contribution is 5.42. The molecule has 1 atom stereocenters. The Bertz CT molecular complexity index is 422. The van der Waals surface area contributed by atoms with Crippen LogP contribution in [0.4, 0.5) is 5.69 Å². The van der Waals surface area contributed by atoms with E-state index in [0.29, 0.717) is 5.92 Å². The van der Waals surface area contributed by atoms with Crippen LogP contribution in [-0.4, -0.2) is 6.54 Å². The second kappa shape index (κ2) is 6.09. The van der Waals surface area contributed by atoms with Crippen molar-refractivity contribution < 1.29 is 0 Å². The highest BCUT2D eigenvalue weighted by Crippen LogP contribution is 2.10. The van der Waals surface area contributed by atoms with Gasteiger partial charge in [0.1, 0.15) is 0 Å². The Morgan fingerprint density at radius 1 is 0.882 bits per heavy atom. The maximum Gasteiger partial charge on any atom is 0.0340 e. The van der Waals surface area contributed by atoms with Crippen LogP contribution in [0.25, 0.3) is 0 Å². The zero-order valence-electron chi connectivity index (χ0n) is 10.3. The molecule has 1 nitrogen and oxygen atoms in total. The van der Waals surface area contributed by atoms with Gasteiger partial charge in [-0.25, -0.2) is 0 Å². The molecule has 0 radical (unpaired) electrons. The number of hydrogen-bond donors (Lipinski definition) is 1. The number of anilines is 1. The first-order valence-electron chi connectivity index (χ1n) is 6.17. The summed E-state index contributed by atoms with van der Waals surface area (Å²) in [5.41, 5.74) is 2.61. The minimum absolute atomic E-state index is 0.637. The van der Waals surface area contributed by atoms with Crippen LogP contribution in [-0.2, 0) is 6.42 Å². The monoisotopic (exact) mass is 225 g/mol. The van der Waals surface area contributed by atoms with Crippen LogP contribution in [0.1, 0.15) is 12.5 Å². The van der Waals surface area contributed by atoms with Gasteiger partial charge in [0, 0.05) is 12.2 Å². The van der Waals surface area contributed by atoms with E-state index in [1.165, 1.54) is 11.3 Å². The van der Waals surface area contributed by atoms with Gasteiger partial charge in [-0.05, 0) is 30.0 Å². The quantitative estimate of drug-likeness (QED) is 0.811. The summed E-state index contributed by atoms with van der Waals surface area (Å²) in [4.78, 5) is 0. The molecular formula is C16H19N. The van der Waals surface area contributed by atoms with Crippen molar-refractivity contribution in [1.29, 1.82) is 0 Å². The van der Waals surface area contributed by atoms with Gasteiger partial charge in [0.05, 0.1) is 0 Å². The third kappa shape index (κ3) is 3.95. The molecule has 1 heteroatoms. The molecule has 0 heterocycles. The molecule has 0 aliphatic heterocycles. The Labute approximate surface area is 103 Å². The van der Waals surface area contributed by atoms with Gasteiger partial charge in [-0.1, -0.05) is 55.5 Å². The highest BCUT2D eigenvalue weighted by Gasteiger charge is 2.02. The zero-order valence-corrected chi connectivity index (χ0v) is 10.3. The normalized spacial score (nSPS) is 12.1. The van der Waals surface area contributed by atoms with E-state index in [4.69, 9.17) is 0 Å². The van der Waals surface area contributed by atoms with Gasteiger partial charge in [0.15, 0.2) is 0 Å². The lowest BCUT2D eigenvalue weighted by Crippen LogP contribution is -2.13. The van der Waals surface area contributed by atoms with Crippen LogP contribution < -0.4 is 5.32 Å².